The van der Waals surface area contributed by atoms with E-state index in [9.17, 15) is 10.1 Å². The third kappa shape index (κ3) is 5.45. The molecule has 1 aromatic heterocycles. The number of nitrogens with zero attached hydrogens (tertiary/aromatic N) is 2. The summed E-state index contributed by atoms with van der Waals surface area (Å²) < 4.78 is 27.1. The summed E-state index contributed by atoms with van der Waals surface area (Å²) in [6.07, 6.45) is 0. The summed E-state index contributed by atoms with van der Waals surface area (Å²) in [5.41, 5.74) is 3.31. The van der Waals surface area contributed by atoms with Crippen LogP contribution in [0.1, 0.15) is 27.7 Å². The first-order chi connectivity index (χ1) is 16.0. The van der Waals surface area contributed by atoms with Crippen LogP contribution in [0.4, 0.5) is 0 Å². The van der Waals surface area contributed by atoms with E-state index in [4.69, 9.17) is 23.7 Å². The lowest BCUT2D eigenvalue weighted by Gasteiger charge is -2.18. The van der Waals surface area contributed by atoms with Gasteiger partial charge in [0.05, 0.1) is 45.7 Å². The SMILES string of the molecule is COc1cc(C(=O)NC(C#N)c2cc(OC)c(OC)c(OC)c2)ccc1OCc1cscn1. The van der Waals surface area contributed by atoms with Crippen LogP contribution < -0.4 is 29.0 Å². The molecule has 0 aliphatic carbocycles. The molecule has 3 aromatic rings. The van der Waals surface area contributed by atoms with E-state index in [-0.39, 0.29) is 6.61 Å². The Hall–Kier alpha value is -3.97. The molecule has 0 aliphatic heterocycles. The molecule has 1 amide bonds. The van der Waals surface area contributed by atoms with Crippen LogP contribution >= 0.6 is 11.3 Å². The van der Waals surface area contributed by atoms with Crippen LogP contribution in [0.25, 0.3) is 0 Å². The predicted octanol–water partition coefficient (Wildman–Crippen LogP) is 3.75. The summed E-state index contributed by atoms with van der Waals surface area (Å²) in [5.74, 6) is 1.56. The van der Waals surface area contributed by atoms with Gasteiger partial charge < -0.3 is 29.0 Å². The quantitative estimate of drug-likeness (QED) is 0.478. The first-order valence-electron chi connectivity index (χ1n) is 9.72. The molecule has 0 bridgehead atoms. The number of carbonyl (C=O) groups excluding carboxylic acids is 1. The van der Waals surface area contributed by atoms with E-state index in [2.05, 4.69) is 16.4 Å². The highest BCUT2D eigenvalue weighted by molar-refractivity contribution is 7.07. The maximum absolute atomic E-state index is 12.9. The molecule has 9 nitrogen and oxygen atoms in total. The summed E-state index contributed by atoms with van der Waals surface area (Å²) in [6.45, 7) is 0.281. The van der Waals surface area contributed by atoms with Gasteiger partial charge in [0.1, 0.15) is 12.6 Å². The summed E-state index contributed by atoms with van der Waals surface area (Å²) in [6, 6.07) is 9.15. The average Bonchev–Trinajstić information content (AvgIpc) is 3.38. The van der Waals surface area contributed by atoms with Crippen molar-refractivity contribution < 1.29 is 28.5 Å². The van der Waals surface area contributed by atoms with E-state index in [1.165, 1.54) is 39.8 Å². The van der Waals surface area contributed by atoms with Crippen molar-refractivity contribution in [2.75, 3.05) is 28.4 Å². The fraction of sp³-hybridized carbons (Fsp3) is 0.261. The van der Waals surface area contributed by atoms with Crippen molar-refractivity contribution in [2.24, 2.45) is 0 Å². The molecule has 0 saturated carbocycles. The van der Waals surface area contributed by atoms with Gasteiger partial charge in [-0.3, -0.25) is 4.79 Å². The lowest BCUT2D eigenvalue weighted by molar-refractivity contribution is 0.0944. The van der Waals surface area contributed by atoms with Crippen LogP contribution in [-0.4, -0.2) is 39.3 Å². The molecule has 1 atom stereocenters. The molecule has 2 aromatic carbocycles. The number of nitriles is 1. The van der Waals surface area contributed by atoms with E-state index in [0.717, 1.165) is 5.69 Å². The highest BCUT2D eigenvalue weighted by Gasteiger charge is 2.21. The van der Waals surface area contributed by atoms with E-state index in [1.807, 2.05) is 5.38 Å². The van der Waals surface area contributed by atoms with Gasteiger partial charge in [-0.1, -0.05) is 0 Å². The third-order valence-corrected chi connectivity index (χ3v) is 5.35. The molecule has 1 heterocycles. The molecule has 0 fully saturated rings. The fourth-order valence-electron chi connectivity index (χ4n) is 3.06. The zero-order valence-electron chi connectivity index (χ0n) is 18.6. The van der Waals surface area contributed by atoms with E-state index in [0.29, 0.717) is 39.9 Å². The minimum absolute atomic E-state index is 0.281. The van der Waals surface area contributed by atoms with Gasteiger partial charge in [0.15, 0.2) is 23.0 Å². The largest absolute Gasteiger partial charge is 0.493 e. The number of hydrogen-bond donors (Lipinski definition) is 1. The minimum Gasteiger partial charge on any atom is -0.493 e. The molecular weight excluding hydrogens is 446 g/mol. The number of amides is 1. The van der Waals surface area contributed by atoms with E-state index in [1.54, 1.807) is 35.8 Å². The Kier molecular flexibility index (Phi) is 7.94. The normalized spacial score (nSPS) is 11.1. The van der Waals surface area contributed by atoms with Gasteiger partial charge in [-0.05, 0) is 35.9 Å². The second kappa shape index (κ2) is 11.1. The Morgan fingerprint density at radius 1 is 1.03 bits per heavy atom. The smallest absolute Gasteiger partial charge is 0.252 e. The minimum atomic E-state index is -0.960. The number of benzene rings is 2. The zero-order chi connectivity index (χ0) is 23.8. The van der Waals surface area contributed by atoms with E-state index < -0.39 is 11.9 Å². The summed E-state index contributed by atoms with van der Waals surface area (Å²) in [7, 11) is 5.93. The van der Waals surface area contributed by atoms with Crippen LogP contribution in [0.15, 0.2) is 41.2 Å². The summed E-state index contributed by atoms with van der Waals surface area (Å²) in [4.78, 5) is 17.1. The highest BCUT2D eigenvalue weighted by Crippen LogP contribution is 2.39. The standard InChI is InChI=1S/C23H23N3O6S/c1-28-19-7-14(5-6-18(19)32-11-16-12-33-13-25-16)23(27)26-17(10-24)15-8-20(29-2)22(31-4)21(9-15)30-3/h5-9,12-13,17H,11H2,1-4H3,(H,26,27). The number of aromatic nitrogens is 1. The van der Waals surface area contributed by atoms with E-state index >= 15 is 0 Å². The Balaban J connectivity index is 1.80. The molecule has 0 spiro atoms. The number of thiazole rings is 1. The van der Waals surface area contributed by atoms with Crippen molar-refractivity contribution in [3.8, 4) is 34.8 Å². The summed E-state index contributed by atoms with van der Waals surface area (Å²) >= 11 is 1.48. The Labute approximate surface area is 195 Å². The van der Waals surface area contributed by atoms with Crippen LogP contribution in [0.2, 0.25) is 0 Å². The van der Waals surface area contributed by atoms with Crippen molar-refractivity contribution in [1.82, 2.24) is 10.3 Å². The summed E-state index contributed by atoms with van der Waals surface area (Å²) in [5, 5.41) is 14.3. The molecule has 10 heteroatoms. The maximum atomic E-state index is 12.9. The number of rotatable bonds is 10. The Morgan fingerprint density at radius 2 is 1.73 bits per heavy atom. The van der Waals surface area contributed by atoms with Gasteiger partial charge in [-0.15, -0.1) is 11.3 Å². The lowest BCUT2D eigenvalue weighted by atomic mass is 10.1. The second-order valence-corrected chi connectivity index (χ2v) is 7.35. The first-order valence-corrected chi connectivity index (χ1v) is 10.7. The lowest BCUT2D eigenvalue weighted by Crippen LogP contribution is -2.27. The number of nitrogens with one attached hydrogen (secondary N) is 1. The van der Waals surface area contributed by atoms with Crippen LogP contribution in [0.5, 0.6) is 28.7 Å². The topological polar surface area (TPSA) is 112 Å². The van der Waals surface area contributed by atoms with Gasteiger partial charge in [0.2, 0.25) is 5.75 Å². The Bertz CT molecular complexity index is 1120. The van der Waals surface area contributed by atoms with Crippen LogP contribution in [-0.2, 0) is 6.61 Å². The second-order valence-electron chi connectivity index (χ2n) is 6.63. The molecule has 172 valence electrons. The number of methoxy groups -OCH3 is 4. The Morgan fingerprint density at radius 3 is 2.27 bits per heavy atom. The molecule has 0 radical (unpaired) electrons. The average molecular weight is 470 g/mol. The van der Waals surface area contributed by atoms with Crippen LogP contribution in [0.3, 0.4) is 0 Å². The number of carbonyl (C=O) groups is 1. The van der Waals surface area contributed by atoms with Gasteiger partial charge in [-0.2, -0.15) is 5.26 Å². The molecular formula is C23H23N3O6S. The molecule has 0 aliphatic rings. The predicted molar refractivity (Wildman–Crippen MR) is 121 cm³/mol. The van der Waals surface area contributed by atoms with Crippen molar-refractivity contribution in [3.05, 3.63) is 58.0 Å². The molecule has 33 heavy (non-hydrogen) atoms. The molecule has 1 unspecified atom stereocenters. The van der Waals surface area contributed by atoms with Gasteiger partial charge in [-0.25, -0.2) is 4.98 Å². The van der Waals surface area contributed by atoms with Gasteiger partial charge in [0, 0.05) is 10.9 Å². The van der Waals surface area contributed by atoms with Crippen LogP contribution in [0, 0.1) is 11.3 Å². The van der Waals surface area contributed by atoms with Crippen molar-refractivity contribution in [3.63, 3.8) is 0 Å². The number of ether oxygens (including phenoxy) is 5. The fourth-order valence-corrected chi connectivity index (χ4v) is 3.60. The van der Waals surface area contributed by atoms with Crippen molar-refractivity contribution >= 4 is 17.2 Å². The maximum Gasteiger partial charge on any atom is 0.252 e. The zero-order valence-corrected chi connectivity index (χ0v) is 19.4. The molecule has 1 N–H and O–H groups in total. The number of hydrogen-bond acceptors (Lipinski definition) is 9. The monoisotopic (exact) mass is 469 g/mol. The molecule has 0 saturated heterocycles. The van der Waals surface area contributed by atoms with Crippen molar-refractivity contribution in [2.45, 2.75) is 12.6 Å². The van der Waals surface area contributed by atoms with Gasteiger partial charge in [0.25, 0.3) is 5.91 Å². The van der Waals surface area contributed by atoms with Gasteiger partial charge >= 0.3 is 0 Å². The molecule has 3 rings (SSSR count). The third-order valence-electron chi connectivity index (χ3n) is 4.71. The first kappa shape index (κ1) is 23.7. The van der Waals surface area contributed by atoms with Crippen molar-refractivity contribution in [1.29, 1.82) is 5.26 Å². The highest BCUT2D eigenvalue weighted by atomic mass is 32.1.